The maximum Gasteiger partial charge on any atom is 0.225 e. The van der Waals surface area contributed by atoms with Crippen LogP contribution in [0.2, 0.25) is 0 Å². The van der Waals surface area contributed by atoms with Crippen molar-refractivity contribution in [3.8, 4) is 0 Å². The fourth-order valence-corrected chi connectivity index (χ4v) is 2.18. The SMILES string of the molecule is CC(C)CCCCCCNC(=O)C1CNC(=O)C1. The summed E-state index contributed by atoms with van der Waals surface area (Å²) in [5.41, 5.74) is 0. The van der Waals surface area contributed by atoms with E-state index in [0.717, 1.165) is 18.9 Å². The number of carbonyl (C=O) groups excluding carboxylic acids is 2. The Hall–Kier alpha value is -1.06. The molecule has 2 amide bonds. The monoisotopic (exact) mass is 254 g/mol. The van der Waals surface area contributed by atoms with Gasteiger partial charge in [-0.1, -0.05) is 39.5 Å². The fourth-order valence-electron chi connectivity index (χ4n) is 2.18. The lowest BCUT2D eigenvalue weighted by molar-refractivity contribution is -0.126. The van der Waals surface area contributed by atoms with Gasteiger partial charge in [0.15, 0.2) is 0 Å². The van der Waals surface area contributed by atoms with E-state index in [2.05, 4.69) is 24.5 Å². The highest BCUT2D eigenvalue weighted by atomic mass is 16.2. The molecule has 0 spiro atoms. The second-order valence-electron chi connectivity index (χ2n) is 5.59. The van der Waals surface area contributed by atoms with Crippen molar-refractivity contribution in [2.24, 2.45) is 11.8 Å². The van der Waals surface area contributed by atoms with Crippen molar-refractivity contribution in [3.05, 3.63) is 0 Å². The molecular weight excluding hydrogens is 228 g/mol. The number of nitrogens with one attached hydrogen (secondary N) is 2. The molecule has 1 saturated heterocycles. The van der Waals surface area contributed by atoms with Gasteiger partial charge < -0.3 is 10.6 Å². The van der Waals surface area contributed by atoms with E-state index in [1.165, 1.54) is 25.7 Å². The van der Waals surface area contributed by atoms with Crippen LogP contribution in [0.3, 0.4) is 0 Å². The molecule has 0 radical (unpaired) electrons. The first kappa shape index (κ1) is 15.0. The average molecular weight is 254 g/mol. The summed E-state index contributed by atoms with van der Waals surface area (Å²) in [4.78, 5) is 22.6. The molecule has 0 aromatic heterocycles. The van der Waals surface area contributed by atoms with Gasteiger partial charge in [0.2, 0.25) is 11.8 Å². The van der Waals surface area contributed by atoms with Gasteiger partial charge in [0.05, 0.1) is 5.92 Å². The van der Waals surface area contributed by atoms with E-state index < -0.39 is 0 Å². The van der Waals surface area contributed by atoms with E-state index in [1.807, 2.05) is 0 Å². The van der Waals surface area contributed by atoms with Crippen molar-refractivity contribution in [1.29, 1.82) is 0 Å². The number of hydrogen-bond acceptors (Lipinski definition) is 2. The predicted octanol–water partition coefficient (Wildman–Crippen LogP) is 1.85. The molecule has 104 valence electrons. The van der Waals surface area contributed by atoms with Gasteiger partial charge in [0.25, 0.3) is 0 Å². The highest BCUT2D eigenvalue weighted by molar-refractivity contribution is 5.89. The second-order valence-corrected chi connectivity index (χ2v) is 5.59. The van der Waals surface area contributed by atoms with Crippen molar-refractivity contribution in [3.63, 3.8) is 0 Å². The molecule has 1 aliphatic heterocycles. The van der Waals surface area contributed by atoms with E-state index in [9.17, 15) is 9.59 Å². The van der Waals surface area contributed by atoms with Crippen molar-refractivity contribution < 1.29 is 9.59 Å². The quantitative estimate of drug-likeness (QED) is 0.649. The van der Waals surface area contributed by atoms with Crippen LogP contribution in [0.15, 0.2) is 0 Å². The smallest absolute Gasteiger partial charge is 0.225 e. The Balaban J connectivity index is 1.94. The molecule has 1 fully saturated rings. The van der Waals surface area contributed by atoms with Crippen LogP contribution in [-0.2, 0) is 9.59 Å². The van der Waals surface area contributed by atoms with Gasteiger partial charge >= 0.3 is 0 Å². The molecule has 0 bridgehead atoms. The molecule has 4 nitrogen and oxygen atoms in total. The zero-order valence-electron chi connectivity index (χ0n) is 11.6. The van der Waals surface area contributed by atoms with Crippen LogP contribution in [-0.4, -0.2) is 24.9 Å². The number of hydrogen-bond donors (Lipinski definition) is 2. The Morgan fingerprint density at radius 2 is 2.06 bits per heavy atom. The zero-order valence-corrected chi connectivity index (χ0v) is 11.6. The first-order valence-corrected chi connectivity index (χ1v) is 7.14. The molecule has 1 unspecified atom stereocenters. The van der Waals surface area contributed by atoms with E-state index >= 15 is 0 Å². The second kappa shape index (κ2) is 8.11. The molecule has 18 heavy (non-hydrogen) atoms. The van der Waals surface area contributed by atoms with E-state index in [4.69, 9.17) is 0 Å². The molecule has 0 saturated carbocycles. The lowest BCUT2D eigenvalue weighted by atomic mass is 10.0. The Kier molecular flexibility index (Phi) is 6.76. The van der Waals surface area contributed by atoms with Crippen LogP contribution in [0.4, 0.5) is 0 Å². The third kappa shape index (κ3) is 6.03. The molecule has 1 atom stereocenters. The van der Waals surface area contributed by atoms with Gasteiger partial charge in [-0.05, 0) is 12.3 Å². The normalized spacial score (nSPS) is 19.1. The molecule has 0 aliphatic carbocycles. The van der Waals surface area contributed by atoms with E-state index in [0.29, 0.717) is 13.0 Å². The summed E-state index contributed by atoms with van der Waals surface area (Å²) in [5, 5.41) is 5.59. The molecule has 1 aliphatic rings. The lowest BCUT2D eigenvalue weighted by Crippen LogP contribution is -2.32. The number of rotatable bonds is 8. The highest BCUT2D eigenvalue weighted by Gasteiger charge is 2.27. The maximum absolute atomic E-state index is 11.7. The molecule has 0 aromatic rings. The summed E-state index contributed by atoms with van der Waals surface area (Å²) in [6.07, 6.45) is 6.39. The van der Waals surface area contributed by atoms with Crippen molar-refractivity contribution in [1.82, 2.24) is 10.6 Å². The van der Waals surface area contributed by atoms with Gasteiger partial charge in [-0.15, -0.1) is 0 Å². The van der Waals surface area contributed by atoms with Gasteiger partial charge in [-0.25, -0.2) is 0 Å². The van der Waals surface area contributed by atoms with Crippen LogP contribution >= 0.6 is 0 Å². The topological polar surface area (TPSA) is 58.2 Å². The minimum absolute atomic E-state index is 0.0103. The first-order valence-electron chi connectivity index (χ1n) is 7.14. The first-order chi connectivity index (χ1) is 8.59. The highest BCUT2D eigenvalue weighted by Crippen LogP contribution is 2.10. The zero-order chi connectivity index (χ0) is 13.4. The van der Waals surface area contributed by atoms with Gasteiger partial charge in [0.1, 0.15) is 0 Å². The van der Waals surface area contributed by atoms with Crippen LogP contribution in [0.25, 0.3) is 0 Å². The average Bonchev–Trinajstić information content (AvgIpc) is 2.74. The van der Waals surface area contributed by atoms with Crippen LogP contribution in [0.1, 0.15) is 52.4 Å². The number of unbranched alkanes of at least 4 members (excludes halogenated alkanes) is 3. The summed E-state index contributed by atoms with van der Waals surface area (Å²) < 4.78 is 0. The summed E-state index contributed by atoms with van der Waals surface area (Å²) in [7, 11) is 0. The van der Waals surface area contributed by atoms with E-state index in [-0.39, 0.29) is 17.7 Å². The van der Waals surface area contributed by atoms with Gasteiger partial charge in [-0.2, -0.15) is 0 Å². The van der Waals surface area contributed by atoms with E-state index in [1.54, 1.807) is 0 Å². The Labute approximate surface area is 110 Å². The molecule has 2 N–H and O–H groups in total. The van der Waals surface area contributed by atoms with Crippen molar-refractivity contribution >= 4 is 11.8 Å². The Morgan fingerprint density at radius 1 is 1.33 bits per heavy atom. The lowest BCUT2D eigenvalue weighted by Gasteiger charge is -2.09. The Morgan fingerprint density at radius 3 is 2.67 bits per heavy atom. The molecule has 1 heterocycles. The van der Waals surface area contributed by atoms with Crippen molar-refractivity contribution in [2.75, 3.05) is 13.1 Å². The molecule has 4 heteroatoms. The summed E-state index contributed by atoms with van der Waals surface area (Å²) in [6.45, 7) is 5.73. The minimum atomic E-state index is -0.154. The number of carbonyl (C=O) groups is 2. The maximum atomic E-state index is 11.7. The Bertz CT molecular complexity index is 277. The minimum Gasteiger partial charge on any atom is -0.356 e. The fraction of sp³-hybridized carbons (Fsp3) is 0.857. The largest absolute Gasteiger partial charge is 0.356 e. The third-order valence-electron chi connectivity index (χ3n) is 3.36. The third-order valence-corrected chi connectivity index (χ3v) is 3.36. The van der Waals surface area contributed by atoms with Crippen LogP contribution in [0.5, 0.6) is 0 Å². The standard InChI is InChI=1S/C14H26N2O2/c1-11(2)7-5-3-4-6-8-15-14(18)12-9-13(17)16-10-12/h11-12H,3-10H2,1-2H3,(H,15,18)(H,16,17). The van der Waals surface area contributed by atoms with Gasteiger partial charge in [0, 0.05) is 19.5 Å². The van der Waals surface area contributed by atoms with Crippen LogP contribution in [0, 0.1) is 11.8 Å². The molecular formula is C14H26N2O2. The van der Waals surface area contributed by atoms with Gasteiger partial charge in [-0.3, -0.25) is 9.59 Å². The summed E-state index contributed by atoms with van der Waals surface area (Å²) >= 11 is 0. The number of amides is 2. The summed E-state index contributed by atoms with van der Waals surface area (Å²) in [5.74, 6) is 0.648. The predicted molar refractivity (Wildman–Crippen MR) is 72.0 cm³/mol. The summed E-state index contributed by atoms with van der Waals surface area (Å²) in [6, 6.07) is 0. The molecule has 1 rings (SSSR count). The molecule has 0 aromatic carbocycles. The van der Waals surface area contributed by atoms with Crippen LogP contribution < -0.4 is 10.6 Å². The van der Waals surface area contributed by atoms with Crippen molar-refractivity contribution in [2.45, 2.75) is 52.4 Å².